The van der Waals surface area contributed by atoms with Crippen LogP contribution in [-0.2, 0) is 11.3 Å². The number of ether oxygens (including phenoxy) is 1. The highest BCUT2D eigenvalue weighted by Crippen LogP contribution is 2.36. The summed E-state index contributed by atoms with van der Waals surface area (Å²) < 4.78 is 5.70. The first kappa shape index (κ1) is 30.7. The van der Waals surface area contributed by atoms with Gasteiger partial charge in [0, 0.05) is 44.8 Å². The van der Waals surface area contributed by atoms with Gasteiger partial charge in [-0.15, -0.1) is 0 Å². The van der Waals surface area contributed by atoms with Crippen LogP contribution in [0.4, 0.5) is 0 Å². The van der Waals surface area contributed by atoms with Crippen LogP contribution < -0.4 is 4.74 Å². The normalized spacial score (nSPS) is 19.3. The highest BCUT2D eigenvalue weighted by atomic mass is 16.5. The first-order valence-corrected chi connectivity index (χ1v) is 15.7. The molecule has 2 aromatic rings. The maximum atomic E-state index is 13.7. The predicted octanol–water partition coefficient (Wildman–Crippen LogP) is 5.06. The third kappa shape index (κ3) is 7.83. The Labute approximate surface area is 257 Å². The molecule has 1 amide bonds. The van der Waals surface area contributed by atoms with Gasteiger partial charge in [-0.3, -0.25) is 9.69 Å². The number of nitriles is 1. The fraction of sp³-hybridized carbons (Fsp3) is 0.444. The van der Waals surface area contributed by atoms with Crippen LogP contribution >= 0.6 is 0 Å². The molecule has 0 aromatic heterocycles. The van der Waals surface area contributed by atoms with Gasteiger partial charge >= 0.3 is 0 Å². The molecule has 0 radical (unpaired) electrons. The topological polar surface area (TPSA) is 63.1 Å². The quantitative estimate of drug-likeness (QED) is 0.457. The largest absolute Gasteiger partial charge is 0.494 e. The molecule has 7 heteroatoms. The van der Waals surface area contributed by atoms with Gasteiger partial charge in [0.15, 0.2) is 0 Å². The monoisotopic (exact) mass is 579 g/mol. The van der Waals surface area contributed by atoms with Gasteiger partial charge < -0.3 is 19.4 Å². The third-order valence-corrected chi connectivity index (χ3v) is 8.76. The van der Waals surface area contributed by atoms with E-state index in [-0.39, 0.29) is 5.91 Å². The second kappa shape index (κ2) is 14.7. The minimum Gasteiger partial charge on any atom is -0.494 e. The number of hydrogen-bond acceptors (Lipinski definition) is 6. The van der Waals surface area contributed by atoms with Crippen LogP contribution in [0.2, 0.25) is 0 Å². The summed E-state index contributed by atoms with van der Waals surface area (Å²) in [5.74, 6) is 0.912. The number of likely N-dealkylation sites (N-methyl/N-ethyl adjacent to an activating group) is 2. The SMILES string of the molecule is CCOc1ccc(C2=C(c3ccc(CN4CCCN(C)CC4)cc3C#N)C=CC(C(=O)N3CCCN(C)CC3)=CC2)cc1. The molecule has 2 aliphatic heterocycles. The summed E-state index contributed by atoms with van der Waals surface area (Å²) in [5.41, 5.74) is 6.58. The van der Waals surface area contributed by atoms with Crippen molar-refractivity contribution in [3.05, 3.63) is 88.5 Å². The van der Waals surface area contributed by atoms with Gasteiger partial charge in [-0.1, -0.05) is 36.4 Å². The first-order valence-electron chi connectivity index (χ1n) is 15.7. The zero-order valence-corrected chi connectivity index (χ0v) is 26.0. The molecule has 7 nitrogen and oxygen atoms in total. The summed E-state index contributed by atoms with van der Waals surface area (Å²) in [6.45, 7) is 11.1. The van der Waals surface area contributed by atoms with Crippen LogP contribution in [0.25, 0.3) is 11.1 Å². The summed E-state index contributed by atoms with van der Waals surface area (Å²) in [6.07, 6.45) is 8.79. The van der Waals surface area contributed by atoms with E-state index in [1.165, 1.54) is 0 Å². The van der Waals surface area contributed by atoms with E-state index < -0.39 is 0 Å². The Morgan fingerprint density at radius 1 is 0.884 bits per heavy atom. The van der Waals surface area contributed by atoms with Crippen LogP contribution in [0.1, 0.15) is 48.4 Å². The zero-order valence-electron chi connectivity index (χ0n) is 26.0. The molecule has 226 valence electrons. The van der Waals surface area contributed by atoms with Gasteiger partial charge in [0.25, 0.3) is 5.91 Å². The summed E-state index contributed by atoms with van der Waals surface area (Å²) in [7, 11) is 4.30. The summed E-state index contributed by atoms with van der Waals surface area (Å²) in [4.78, 5) is 22.8. The fourth-order valence-electron chi connectivity index (χ4n) is 6.23. The average Bonchev–Trinajstić information content (AvgIpc) is 3.47. The second-order valence-electron chi connectivity index (χ2n) is 11.9. The number of rotatable bonds is 7. The number of benzene rings is 2. The lowest BCUT2D eigenvalue weighted by Gasteiger charge is -2.21. The van der Waals surface area contributed by atoms with Crippen molar-refractivity contribution in [2.24, 2.45) is 0 Å². The van der Waals surface area contributed by atoms with Gasteiger partial charge in [0.2, 0.25) is 0 Å². The molecule has 0 N–H and O–H groups in total. The summed E-state index contributed by atoms with van der Waals surface area (Å²) in [5, 5.41) is 10.3. The van der Waals surface area contributed by atoms with Crippen molar-refractivity contribution in [1.29, 1.82) is 5.26 Å². The van der Waals surface area contributed by atoms with Crippen molar-refractivity contribution >= 4 is 17.1 Å². The lowest BCUT2D eigenvalue weighted by Crippen LogP contribution is -2.35. The second-order valence-corrected chi connectivity index (χ2v) is 11.9. The van der Waals surface area contributed by atoms with E-state index in [1.807, 2.05) is 36.1 Å². The Morgan fingerprint density at radius 2 is 1.63 bits per heavy atom. The Kier molecular flexibility index (Phi) is 10.5. The Bertz CT molecular complexity index is 1420. The van der Waals surface area contributed by atoms with Crippen LogP contribution in [0.3, 0.4) is 0 Å². The van der Waals surface area contributed by atoms with Crippen LogP contribution in [0.15, 0.2) is 66.3 Å². The van der Waals surface area contributed by atoms with E-state index in [0.717, 1.165) is 105 Å². The van der Waals surface area contributed by atoms with Gasteiger partial charge in [-0.05, 0) is 112 Å². The number of hydrogen-bond donors (Lipinski definition) is 0. The van der Waals surface area contributed by atoms with E-state index in [0.29, 0.717) is 24.2 Å². The van der Waals surface area contributed by atoms with Crippen LogP contribution in [-0.4, -0.2) is 98.6 Å². The van der Waals surface area contributed by atoms with Crippen molar-refractivity contribution in [1.82, 2.24) is 19.6 Å². The summed E-state index contributed by atoms with van der Waals surface area (Å²) >= 11 is 0. The summed E-state index contributed by atoms with van der Waals surface area (Å²) in [6, 6.07) is 17.0. The van der Waals surface area contributed by atoms with Crippen molar-refractivity contribution in [2.45, 2.75) is 32.7 Å². The fourth-order valence-corrected chi connectivity index (χ4v) is 6.23. The van der Waals surface area contributed by atoms with Gasteiger partial charge in [-0.25, -0.2) is 0 Å². The van der Waals surface area contributed by atoms with E-state index >= 15 is 0 Å². The van der Waals surface area contributed by atoms with Crippen molar-refractivity contribution < 1.29 is 9.53 Å². The molecular formula is C36H45N5O2. The number of carbonyl (C=O) groups is 1. The minimum absolute atomic E-state index is 0.0813. The number of amides is 1. The predicted molar refractivity (Wildman–Crippen MR) is 174 cm³/mol. The van der Waals surface area contributed by atoms with Gasteiger partial charge in [0.1, 0.15) is 5.75 Å². The van der Waals surface area contributed by atoms with E-state index in [9.17, 15) is 10.1 Å². The van der Waals surface area contributed by atoms with Crippen molar-refractivity contribution in [3.8, 4) is 11.8 Å². The molecule has 1 aliphatic carbocycles. The van der Waals surface area contributed by atoms with Gasteiger partial charge in [0.05, 0.1) is 18.2 Å². The van der Waals surface area contributed by atoms with Gasteiger partial charge in [-0.2, -0.15) is 5.26 Å². The van der Waals surface area contributed by atoms with E-state index in [4.69, 9.17) is 4.74 Å². The smallest absolute Gasteiger partial charge is 0.253 e. The number of allylic oxidation sites excluding steroid dienone is 4. The highest BCUT2D eigenvalue weighted by molar-refractivity contribution is 6.02. The molecule has 0 atom stereocenters. The molecule has 2 aromatic carbocycles. The molecule has 3 aliphatic rings. The molecule has 0 unspecified atom stereocenters. The maximum Gasteiger partial charge on any atom is 0.253 e. The Balaban J connectivity index is 1.47. The standard InChI is InChI=1S/C36H45N5O2/c1-4-43-32-12-8-29(9-13-32)33-15-10-30(36(42)41-20-6-18-39(3)22-24-41)11-16-35(33)34-14-7-28(25-31(34)26-37)27-40-19-5-17-38(2)21-23-40/h7-14,16,25H,4-6,15,17-24,27H2,1-3H3. The molecule has 5 rings (SSSR count). The minimum atomic E-state index is 0.0813. The average molecular weight is 580 g/mol. The highest BCUT2D eigenvalue weighted by Gasteiger charge is 2.23. The van der Waals surface area contributed by atoms with Crippen LogP contribution in [0, 0.1) is 11.3 Å². The Morgan fingerprint density at radius 3 is 2.37 bits per heavy atom. The molecule has 43 heavy (non-hydrogen) atoms. The molecule has 0 spiro atoms. The molecule has 2 fully saturated rings. The molecule has 2 heterocycles. The first-order chi connectivity index (χ1) is 20.9. The molecule has 0 saturated carbocycles. The van der Waals surface area contributed by atoms with Crippen LogP contribution in [0.5, 0.6) is 5.75 Å². The number of nitrogens with zero attached hydrogens (tertiary/aromatic N) is 5. The third-order valence-electron chi connectivity index (χ3n) is 8.76. The van der Waals surface area contributed by atoms with Crippen molar-refractivity contribution in [3.63, 3.8) is 0 Å². The molecular weight excluding hydrogens is 534 g/mol. The lowest BCUT2D eigenvalue weighted by atomic mass is 9.90. The molecule has 0 bridgehead atoms. The van der Waals surface area contributed by atoms with E-state index in [1.54, 1.807) is 0 Å². The Hall–Kier alpha value is -3.70. The zero-order chi connectivity index (χ0) is 30.2. The lowest BCUT2D eigenvalue weighted by molar-refractivity contribution is -0.126. The number of carbonyl (C=O) groups excluding carboxylic acids is 1. The maximum absolute atomic E-state index is 13.7. The van der Waals surface area contributed by atoms with E-state index in [2.05, 4.69) is 71.3 Å². The van der Waals surface area contributed by atoms with Crippen molar-refractivity contribution in [2.75, 3.05) is 73.1 Å². The molecule has 2 saturated heterocycles.